The van der Waals surface area contributed by atoms with Gasteiger partial charge < -0.3 is 10.1 Å². The Bertz CT molecular complexity index is 896. The molecule has 7 heteroatoms. The lowest BCUT2D eigenvalue weighted by Gasteiger charge is -2.13. The van der Waals surface area contributed by atoms with E-state index in [0.717, 1.165) is 16.2 Å². The van der Waals surface area contributed by atoms with Crippen LogP contribution in [-0.4, -0.2) is 38.2 Å². The Kier molecular flexibility index (Phi) is 5.88. The van der Waals surface area contributed by atoms with Crippen LogP contribution in [0, 0.1) is 0 Å². The second-order valence-electron chi connectivity index (χ2n) is 6.17. The van der Waals surface area contributed by atoms with Gasteiger partial charge in [0, 0.05) is 16.7 Å². The van der Waals surface area contributed by atoms with Crippen molar-refractivity contribution in [2.45, 2.75) is 23.1 Å². The van der Waals surface area contributed by atoms with Crippen LogP contribution in [0.4, 0.5) is 0 Å². The second-order valence-corrected chi connectivity index (χ2v) is 9.74. The Balaban J connectivity index is 1.67. The van der Waals surface area contributed by atoms with E-state index in [9.17, 15) is 13.2 Å². The zero-order valence-corrected chi connectivity index (χ0v) is 16.1. The number of thioether (sulfide) groups is 1. The van der Waals surface area contributed by atoms with Gasteiger partial charge in [-0.1, -0.05) is 24.3 Å². The molecule has 1 heterocycles. The number of nitrogens with one attached hydrogen (secondary N) is 1. The van der Waals surface area contributed by atoms with E-state index >= 15 is 0 Å². The average Bonchev–Trinajstić information content (AvgIpc) is 2.98. The highest BCUT2D eigenvalue weighted by molar-refractivity contribution is 8.02. The van der Waals surface area contributed by atoms with Gasteiger partial charge in [-0.05, 0) is 36.2 Å². The summed E-state index contributed by atoms with van der Waals surface area (Å²) in [5.74, 6) is 0.985. The molecule has 1 aliphatic heterocycles. The third-order valence-electron chi connectivity index (χ3n) is 4.20. The van der Waals surface area contributed by atoms with Gasteiger partial charge >= 0.3 is 0 Å². The van der Waals surface area contributed by atoms with Crippen molar-refractivity contribution in [2.75, 3.05) is 18.6 Å². The van der Waals surface area contributed by atoms with Crippen molar-refractivity contribution in [3.63, 3.8) is 0 Å². The van der Waals surface area contributed by atoms with Crippen LogP contribution >= 0.6 is 11.8 Å². The van der Waals surface area contributed by atoms with Crippen LogP contribution in [0.3, 0.4) is 0 Å². The molecule has 1 amide bonds. The van der Waals surface area contributed by atoms with E-state index in [0.29, 0.717) is 18.5 Å². The summed E-state index contributed by atoms with van der Waals surface area (Å²) in [7, 11) is -1.33. The first-order chi connectivity index (χ1) is 12.5. The van der Waals surface area contributed by atoms with E-state index in [1.54, 1.807) is 13.2 Å². The highest BCUT2D eigenvalue weighted by Crippen LogP contribution is 2.33. The normalized spacial score (nSPS) is 18.4. The van der Waals surface area contributed by atoms with Crippen LogP contribution in [0.2, 0.25) is 0 Å². The number of hydrogen-bond acceptors (Lipinski definition) is 5. The van der Waals surface area contributed by atoms with Crippen molar-refractivity contribution in [1.82, 2.24) is 5.32 Å². The number of rotatable bonds is 6. The van der Waals surface area contributed by atoms with Gasteiger partial charge in [0.25, 0.3) is 5.91 Å². The summed E-state index contributed by atoms with van der Waals surface area (Å²) in [4.78, 5) is 13.4. The van der Waals surface area contributed by atoms with Gasteiger partial charge in [-0.15, -0.1) is 11.8 Å². The van der Waals surface area contributed by atoms with Crippen molar-refractivity contribution in [1.29, 1.82) is 0 Å². The summed E-state index contributed by atoms with van der Waals surface area (Å²) < 4.78 is 28.5. The van der Waals surface area contributed by atoms with Crippen LogP contribution in [0.25, 0.3) is 0 Å². The summed E-state index contributed by atoms with van der Waals surface area (Å²) in [6, 6.07) is 14.9. The molecule has 5 nitrogen and oxygen atoms in total. The molecule has 3 rings (SSSR count). The molecule has 0 saturated carbocycles. The average molecular weight is 392 g/mol. The number of methoxy groups -OCH3 is 1. The Labute approximate surface area is 158 Å². The smallest absolute Gasteiger partial charge is 0.252 e. The Hall–Kier alpha value is -1.99. The van der Waals surface area contributed by atoms with Gasteiger partial charge in [0.15, 0.2) is 9.84 Å². The summed E-state index contributed by atoms with van der Waals surface area (Å²) in [6.45, 7) is 0.396. The largest absolute Gasteiger partial charge is 0.497 e. The molecular formula is C19H21NO4S2. The predicted octanol–water partition coefficient (Wildman–Crippen LogP) is 2.90. The van der Waals surface area contributed by atoms with Crippen LogP contribution in [0.1, 0.15) is 22.3 Å². The quantitative estimate of drug-likeness (QED) is 0.820. The van der Waals surface area contributed by atoms with Crippen LogP contribution in [0.5, 0.6) is 5.75 Å². The third-order valence-corrected chi connectivity index (χ3v) is 7.53. The van der Waals surface area contributed by atoms with E-state index in [4.69, 9.17) is 4.74 Å². The number of carbonyl (C=O) groups is 1. The lowest BCUT2D eigenvalue weighted by molar-refractivity contribution is 0.0948. The molecule has 2 aromatic carbocycles. The SMILES string of the molecule is COc1cccc(CNC(=O)c2ccccc2S[C@@H]2CCS(=O)(=O)C2)c1. The van der Waals surface area contributed by atoms with Gasteiger partial charge in [-0.3, -0.25) is 4.79 Å². The Morgan fingerprint density at radius 1 is 1.23 bits per heavy atom. The fourth-order valence-electron chi connectivity index (χ4n) is 2.85. The molecule has 2 aromatic rings. The minimum Gasteiger partial charge on any atom is -0.497 e. The summed E-state index contributed by atoms with van der Waals surface area (Å²) >= 11 is 1.48. The maximum absolute atomic E-state index is 12.6. The van der Waals surface area contributed by atoms with Crippen molar-refractivity contribution in [3.8, 4) is 5.75 Å². The highest BCUT2D eigenvalue weighted by Gasteiger charge is 2.29. The number of hydrogen-bond donors (Lipinski definition) is 1. The minimum atomic E-state index is -2.93. The summed E-state index contributed by atoms with van der Waals surface area (Å²) in [5, 5.41) is 2.93. The molecule has 1 atom stereocenters. The maximum Gasteiger partial charge on any atom is 0.252 e. The van der Waals surface area contributed by atoms with Crippen molar-refractivity contribution in [3.05, 3.63) is 59.7 Å². The number of benzene rings is 2. The van der Waals surface area contributed by atoms with Crippen LogP contribution in [0.15, 0.2) is 53.4 Å². The fourth-order valence-corrected chi connectivity index (χ4v) is 6.48. The van der Waals surface area contributed by atoms with Gasteiger partial charge in [0.2, 0.25) is 0 Å². The van der Waals surface area contributed by atoms with Crippen molar-refractivity contribution >= 4 is 27.5 Å². The zero-order chi connectivity index (χ0) is 18.6. The van der Waals surface area contributed by atoms with E-state index in [1.807, 2.05) is 42.5 Å². The van der Waals surface area contributed by atoms with Crippen molar-refractivity contribution in [2.24, 2.45) is 0 Å². The van der Waals surface area contributed by atoms with E-state index in [1.165, 1.54) is 11.8 Å². The molecular weight excluding hydrogens is 370 g/mol. The molecule has 0 radical (unpaired) electrons. The van der Waals surface area contributed by atoms with Crippen LogP contribution in [-0.2, 0) is 16.4 Å². The molecule has 0 bridgehead atoms. The molecule has 0 unspecified atom stereocenters. The first kappa shape index (κ1) is 18.8. The monoisotopic (exact) mass is 391 g/mol. The van der Waals surface area contributed by atoms with Gasteiger partial charge in [0.1, 0.15) is 5.75 Å². The number of ether oxygens (including phenoxy) is 1. The zero-order valence-electron chi connectivity index (χ0n) is 14.5. The standard InChI is InChI=1S/C19H21NO4S2/c1-24-15-6-4-5-14(11-15)12-20-19(21)17-7-2-3-8-18(17)25-16-9-10-26(22,23)13-16/h2-8,11,16H,9-10,12-13H2,1H3,(H,20,21)/t16-/m1/s1. The molecule has 138 valence electrons. The predicted molar refractivity (Wildman–Crippen MR) is 104 cm³/mol. The topological polar surface area (TPSA) is 72.5 Å². The summed E-state index contributed by atoms with van der Waals surface area (Å²) in [6.07, 6.45) is 0.632. The molecule has 0 aromatic heterocycles. The number of amides is 1. The van der Waals surface area contributed by atoms with Gasteiger partial charge in [-0.2, -0.15) is 0 Å². The molecule has 1 saturated heterocycles. The van der Waals surface area contributed by atoms with E-state index in [2.05, 4.69) is 5.32 Å². The van der Waals surface area contributed by atoms with Gasteiger partial charge in [0.05, 0.1) is 24.2 Å². The minimum absolute atomic E-state index is 0.00679. The molecule has 26 heavy (non-hydrogen) atoms. The van der Waals surface area contributed by atoms with Crippen molar-refractivity contribution < 1.29 is 17.9 Å². The lowest BCUT2D eigenvalue weighted by Crippen LogP contribution is -2.23. The maximum atomic E-state index is 12.6. The fraction of sp³-hybridized carbons (Fsp3) is 0.316. The summed E-state index contributed by atoms with van der Waals surface area (Å²) in [5.41, 5.74) is 1.52. The van der Waals surface area contributed by atoms with Gasteiger partial charge in [-0.25, -0.2) is 8.42 Å². The second kappa shape index (κ2) is 8.14. The Morgan fingerprint density at radius 2 is 2.04 bits per heavy atom. The molecule has 0 spiro atoms. The van der Waals surface area contributed by atoms with E-state index in [-0.39, 0.29) is 22.7 Å². The molecule has 1 fully saturated rings. The molecule has 1 aliphatic rings. The van der Waals surface area contributed by atoms with Crippen LogP contribution < -0.4 is 10.1 Å². The Morgan fingerprint density at radius 3 is 2.77 bits per heavy atom. The molecule has 0 aliphatic carbocycles. The number of carbonyl (C=O) groups excluding carboxylic acids is 1. The first-order valence-electron chi connectivity index (χ1n) is 8.34. The number of sulfone groups is 1. The highest BCUT2D eigenvalue weighted by atomic mass is 32.2. The van der Waals surface area contributed by atoms with E-state index < -0.39 is 9.84 Å². The lowest BCUT2D eigenvalue weighted by atomic mass is 10.2. The third kappa shape index (κ3) is 4.80. The molecule has 1 N–H and O–H groups in total. The first-order valence-corrected chi connectivity index (χ1v) is 11.0.